The Bertz CT molecular complexity index is 556. The molecule has 0 saturated heterocycles. The number of carbonyl (C=O) groups excluding carboxylic acids is 1. The second-order valence-corrected chi connectivity index (χ2v) is 4.31. The fourth-order valence-corrected chi connectivity index (χ4v) is 2.07. The molecule has 0 radical (unpaired) electrons. The minimum absolute atomic E-state index is 0.0100. The van der Waals surface area contributed by atoms with E-state index in [0.29, 0.717) is 16.9 Å². The van der Waals surface area contributed by atoms with E-state index in [-0.39, 0.29) is 11.3 Å². The maximum absolute atomic E-state index is 10.8. The summed E-state index contributed by atoms with van der Waals surface area (Å²) in [7, 11) is 0. The van der Waals surface area contributed by atoms with E-state index >= 15 is 0 Å². The molecule has 0 heterocycles. The highest BCUT2D eigenvalue weighted by molar-refractivity contribution is 6.31. The number of aromatic hydroxyl groups is 1. The average molecular weight is 247 g/mol. The number of hydrogen-bond donors (Lipinski definition) is 1. The van der Waals surface area contributed by atoms with Crippen molar-refractivity contribution in [2.45, 2.75) is 6.92 Å². The van der Waals surface area contributed by atoms with Crippen LogP contribution in [0.5, 0.6) is 5.75 Å². The summed E-state index contributed by atoms with van der Waals surface area (Å²) < 4.78 is 0. The van der Waals surface area contributed by atoms with Gasteiger partial charge in [0, 0.05) is 10.6 Å². The quantitative estimate of drug-likeness (QED) is 0.818. The van der Waals surface area contributed by atoms with Gasteiger partial charge < -0.3 is 5.11 Å². The molecule has 0 bridgehead atoms. The van der Waals surface area contributed by atoms with Crippen molar-refractivity contribution < 1.29 is 9.90 Å². The predicted octanol–water partition coefficient (Wildman–Crippen LogP) is 3.83. The topological polar surface area (TPSA) is 37.3 Å². The molecule has 2 aromatic carbocycles. The number of para-hydroxylation sites is 1. The van der Waals surface area contributed by atoms with Crippen LogP contribution in [0.4, 0.5) is 0 Å². The van der Waals surface area contributed by atoms with Gasteiger partial charge >= 0.3 is 0 Å². The summed E-state index contributed by atoms with van der Waals surface area (Å²) in [6.07, 6.45) is 0.635. The molecular weight excluding hydrogens is 236 g/mol. The van der Waals surface area contributed by atoms with Gasteiger partial charge in [0.25, 0.3) is 0 Å². The molecule has 2 nitrogen and oxygen atoms in total. The minimum atomic E-state index is -0.0100. The first-order valence-corrected chi connectivity index (χ1v) is 5.54. The molecule has 0 fully saturated rings. The van der Waals surface area contributed by atoms with E-state index in [1.807, 2.05) is 19.1 Å². The number of halogens is 1. The maximum Gasteiger partial charge on any atom is 0.153 e. The molecule has 3 heteroatoms. The highest BCUT2D eigenvalue weighted by Crippen LogP contribution is 2.33. The summed E-state index contributed by atoms with van der Waals surface area (Å²) in [4.78, 5) is 10.8. The normalized spacial score (nSPS) is 10.2. The van der Waals surface area contributed by atoms with E-state index in [4.69, 9.17) is 11.6 Å². The van der Waals surface area contributed by atoms with Crippen molar-refractivity contribution in [3.63, 3.8) is 0 Å². The minimum Gasteiger partial charge on any atom is -0.507 e. The molecular formula is C14H11ClO2. The fourth-order valence-electron chi connectivity index (χ4n) is 1.78. The van der Waals surface area contributed by atoms with Crippen molar-refractivity contribution in [1.82, 2.24) is 0 Å². The van der Waals surface area contributed by atoms with Crippen LogP contribution in [0, 0.1) is 6.92 Å². The number of hydrogen-bond acceptors (Lipinski definition) is 2. The van der Waals surface area contributed by atoms with E-state index in [1.54, 1.807) is 24.3 Å². The van der Waals surface area contributed by atoms with Crippen LogP contribution < -0.4 is 0 Å². The van der Waals surface area contributed by atoms with Gasteiger partial charge in [-0.1, -0.05) is 29.8 Å². The number of phenolic OH excluding ortho intramolecular Hbond substituents is 1. The lowest BCUT2D eigenvalue weighted by atomic mass is 10.0. The summed E-state index contributed by atoms with van der Waals surface area (Å²) in [5.41, 5.74) is 2.69. The highest BCUT2D eigenvalue weighted by atomic mass is 35.5. The van der Waals surface area contributed by atoms with Crippen LogP contribution >= 0.6 is 11.6 Å². The van der Waals surface area contributed by atoms with E-state index in [9.17, 15) is 9.90 Å². The zero-order chi connectivity index (χ0) is 12.4. The third kappa shape index (κ3) is 2.32. The number of rotatable bonds is 2. The summed E-state index contributed by atoms with van der Waals surface area (Å²) in [5.74, 6) is -0.0100. The lowest BCUT2D eigenvalue weighted by molar-refractivity contribution is 0.112. The molecule has 1 N–H and O–H groups in total. The monoisotopic (exact) mass is 246 g/mol. The van der Waals surface area contributed by atoms with Crippen LogP contribution in [0.3, 0.4) is 0 Å². The average Bonchev–Trinajstić information content (AvgIpc) is 2.28. The molecule has 2 aromatic rings. The molecule has 0 unspecified atom stereocenters. The summed E-state index contributed by atoms with van der Waals surface area (Å²) >= 11 is 5.97. The van der Waals surface area contributed by atoms with Gasteiger partial charge in [-0.15, -0.1) is 0 Å². The van der Waals surface area contributed by atoms with Gasteiger partial charge in [0.05, 0.1) is 5.56 Å². The number of benzene rings is 2. The Balaban J connectivity index is 2.64. The standard InChI is InChI=1S/C14H11ClO2/c1-9-5-11(7-12(15)6-9)13-4-2-3-10(8-16)14(13)17/h2-8,17H,1H3. The Kier molecular flexibility index (Phi) is 3.16. The van der Waals surface area contributed by atoms with Gasteiger partial charge in [-0.25, -0.2) is 0 Å². The van der Waals surface area contributed by atoms with Crippen molar-refractivity contribution in [2.24, 2.45) is 0 Å². The molecule has 0 aliphatic rings. The van der Waals surface area contributed by atoms with Gasteiger partial charge in [-0.2, -0.15) is 0 Å². The molecule has 86 valence electrons. The smallest absolute Gasteiger partial charge is 0.153 e. The van der Waals surface area contributed by atoms with Gasteiger partial charge in [0.15, 0.2) is 6.29 Å². The Morgan fingerprint density at radius 2 is 2.00 bits per heavy atom. The molecule has 0 spiro atoms. The number of phenols is 1. The Labute approximate surface area is 104 Å². The Hall–Kier alpha value is -1.80. The van der Waals surface area contributed by atoms with Crippen molar-refractivity contribution in [2.75, 3.05) is 0 Å². The number of carbonyl (C=O) groups is 1. The number of aldehydes is 1. The molecule has 0 aliphatic heterocycles. The third-order valence-corrected chi connectivity index (χ3v) is 2.77. The first-order valence-electron chi connectivity index (χ1n) is 5.16. The summed E-state index contributed by atoms with van der Waals surface area (Å²) in [6.45, 7) is 1.93. The second-order valence-electron chi connectivity index (χ2n) is 3.88. The Morgan fingerprint density at radius 3 is 2.65 bits per heavy atom. The van der Waals surface area contributed by atoms with Crippen molar-refractivity contribution in [1.29, 1.82) is 0 Å². The number of aryl methyl sites for hydroxylation is 1. The van der Waals surface area contributed by atoms with Crippen LogP contribution in [0.2, 0.25) is 5.02 Å². The summed E-state index contributed by atoms with van der Waals surface area (Å²) in [5, 5.41) is 10.6. The largest absolute Gasteiger partial charge is 0.507 e. The van der Waals surface area contributed by atoms with Crippen LogP contribution in [-0.2, 0) is 0 Å². The molecule has 0 amide bonds. The first kappa shape index (κ1) is 11.7. The molecule has 0 saturated carbocycles. The second kappa shape index (κ2) is 4.60. The SMILES string of the molecule is Cc1cc(Cl)cc(-c2cccc(C=O)c2O)c1. The van der Waals surface area contributed by atoms with Gasteiger partial charge in [0.1, 0.15) is 5.75 Å². The van der Waals surface area contributed by atoms with E-state index in [2.05, 4.69) is 0 Å². The third-order valence-electron chi connectivity index (χ3n) is 2.55. The molecule has 17 heavy (non-hydrogen) atoms. The molecule has 0 aromatic heterocycles. The lowest BCUT2D eigenvalue weighted by Gasteiger charge is -2.08. The maximum atomic E-state index is 10.8. The molecule has 2 rings (SSSR count). The fraction of sp³-hybridized carbons (Fsp3) is 0.0714. The molecule has 0 atom stereocenters. The van der Waals surface area contributed by atoms with Gasteiger partial charge in [-0.05, 0) is 36.2 Å². The van der Waals surface area contributed by atoms with E-state index in [1.165, 1.54) is 0 Å². The van der Waals surface area contributed by atoms with Crippen LogP contribution in [0.1, 0.15) is 15.9 Å². The lowest BCUT2D eigenvalue weighted by Crippen LogP contribution is -1.86. The summed E-state index contributed by atoms with van der Waals surface area (Å²) in [6, 6.07) is 10.6. The van der Waals surface area contributed by atoms with Crippen molar-refractivity contribution >= 4 is 17.9 Å². The first-order chi connectivity index (χ1) is 8.11. The van der Waals surface area contributed by atoms with Gasteiger partial charge in [-0.3, -0.25) is 4.79 Å². The van der Waals surface area contributed by atoms with Crippen LogP contribution in [0.15, 0.2) is 36.4 Å². The zero-order valence-electron chi connectivity index (χ0n) is 9.27. The van der Waals surface area contributed by atoms with E-state index < -0.39 is 0 Å². The van der Waals surface area contributed by atoms with Crippen LogP contribution in [-0.4, -0.2) is 11.4 Å². The molecule has 0 aliphatic carbocycles. The van der Waals surface area contributed by atoms with Crippen molar-refractivity contribution in [3.8, 4) is 16.9 Å². The predicted molar refractivity (Wildman–Crippen MR) is 68.7 cm³/mol. The van der Waals surface area contributed by atoms with Crippen molar-refractivity contribution in [3.05, 3.63) is 52.5 Å². The van der Waals surface area contributed by atoms with Crippen LogP contribution in [0.25, 0.3) is 11.1 Å². The van der Waals surface area contributed by atoms with Gasteiger partial charge in [0.2, 0.25) is 0 Å². The van der Waals surface area contributed by atoms with E-state index in [0.717, 1.165) is 11.1 Å². The zero-order valence-corrected chi connectivity index (χ0v) is 10.0. The highest BCUT2D eigenvalue weighted by Gasteiger charge is 2.09. The Morgan fingerprint density at radius 1 is 1.24 bits per heavy atom.